The van der Waals surface area contributed by atoms with E-state index in [1.807, 2.05) is 0 Å². The summed E-state index contributed by atoms with van der Waals surface area (Å²) < 4.78 is 43.5. The number of hydrogen-bond acceptors (Lipinski definition) is 4. The summed E-state index contributed by atoms with van der Waals surface area (Å²) in [5.74, 6) is -1.64. The van der Waals surface area contributed by atoms with E-state index >= 15 is 0 Å². The van der Waals surface area contributed by atoms with Gasteiger partial charge in [0.1, 0.15) is 12.4 Å². The van der Waals surface area contributed by atoms with Crippen LogP contribution in [0.4, 0.5) is 4.39 Å². The molecule has 0 bridgehead atoms. The van der Waals surface area contributed by atoms with Crippen LogP contribution < -0.4 is 4.72 Å². The molecule has 0 unspecified atom stereocenters. The first-order valence-corrected chi connectivity index (χ1v) is 6.86. The quantitative estimate of drug-likeness (QED) is 0.714. The van der Waals surface area contributed by atoms with Crippen molar-refractivity contribution >= 4 is 16.0 Å². The van der Waals surface area contributed by atoms with Gasteiger partial charge in [-0.15, -0.1) is 0 Å². The fourth-order valence-electron chi connectivity index (χ4n) is 1.40. The summed E-state index contributed by atoms with van der Waals surface area (Å²) in [4.78, 5) is 10.1. The lowest BCUT2D eigenvalue weighted by Crippen LogP contribution is -2.28. The third-order valence-electron chi connectivity index (χ3n) is 2.19. The SMILES string of the molecule is Cc1cc(F)ccc1S(=O)(=O)NCCOCC(=O)O. The first-order chi connectivity index (χ1) is 8.83. The fraction of sp³-hybridized carbons (Fsp3) is 0.364. The minimum atomic E-state index is -3.75. The number of nitrogens with one attached hydrogen (secondary N) is 1. The molecule has 0 saturated carbocycles. The Morgan fingerprint density at radius 3 is 2.74 bits per heavy atom. The van der Waals surface area contributed by atoms with Crippen LogP contribution in [0.5, 0.6) is 0 Å². The summed E-state index contributed by atoms with van der Waals surface area (Å²) in [6.45, 7) is 0.869. The number of hydrogen-bond donors (Lipinski definition) is 2. The predicted octanol–water partition coefficient (Wildman–Crippen LogP) is 0.514. The van der Waals surface area contributed by atoms with E-state index in [9.17, 15) is 17.6 Å². The van der Waals surface area contributed by atoms with Gasteiger partial charge < -0.3 is 9.84 Å². The number of aryl methyl sites for hydroxylation is 1. The van der Waals surface area contributed by atoms with Crippen LogP contribution in [0.2, 0.25) is 0 Å². The molecule has 1 aromatic carbocycles. The number of halogens is 1. The van der Waals surface area contributed by atoms with Crippen molar-refractivity contribution in [3.63, 3.8) is 0 Å². The van der Waals surface area contributed by atoms with E-state index in [2.05, 4.69) is 9.46 Å². The highest BCUT2D eigenvalue weighted by molar-refractivity contribution is 7.89. The zero-order valence-electron chi connectivity index (χ0n) is 10.2. The second kappa shape index (κ2) is 6.60. The molecule has 106 valence electrons. The molecule has 0 aromatic heterocycles. The molecule has 0 heterocycles. The molecule has 0 aliphatic heterocycles. The van der Waals surface area contributed by atoms with Gasteiger partial charge in [0.15, 0.2) is 0 Å². The van der Waals surface area contributed by atoms with Crippen molar-refractivity contribution in [2.45, 2.75) is 11.8 Å². The lowest BCUT2D eigenvalue weighted by atomic mass is 10.2. The number of benzene rings is 1. The van der Waals surface area contributed by atoms with E-state index in [0.717, 1.165) is 12.1 Å². The Kier molecular flexibility index (Phi) is 5.40. The summed E-state index contributed by atoms with van der Waals surface area (Å²) in [6.07, 6.45) is 0. The Morgan fingerprint density at radius 2 is 2.16 bits per heavy atom. The van der Waals surface area contributed by atoms with Gasteiger partial charge in [0.2, 0.25) is 10.0 Å². The summed E-state index contributed by atoms with van der Waals surface area (Å²) >= 11 is 0. The molecule has 0 spiro atoms. The van der Waals surface area contributed by atoms with Crippen LogP contribution in [0.25, 0.3) is 0 Å². The van der Waals surface area contributed by atoms with E-state index < -0.39 is 28.4 Å². The molecule has 8 heteroatoms. The highest BCUT2D eigenvalue weighted by atomic mass is 32.2. The van der Waals surface area contributed by atoms with E-state index in [1.54, 1.807) is 0 Å². The topological polar surface area (TPSA) is 92.7 Å². The zero-order valence-corrected chi connectivity index (χ0v) is 11.0. The lowest BCUT2D eigenvalue weighted by Gasteiger charge is -2.09. The van der Waals surface area contributed by atoms with Gasteiger partial charge in [-0.05, 0) is 30.7 Å². The minimum Gasteiger partial charge on any atom is -0.480 e. The van der Waals surface area contributed by atoms with Crippen molar-refractivity contribution < 1.29 is 27.4 Å². The van der Waals surface area contributed by atoms with Crippen LogP contribution in [-0.2, 0) is 19.6 Å². The van der Waals surface area contributed by atoms with Crippen LogP contribution in [0.15, 0.2) is 23.1 Å². The number of ether oxygens (including phenoxy) is 1. The number of sulfonamides is 1. The van der Waals surface area contributed by atoms with Crippen LogP contribution in [-0.4, -0.2) is 39.3 Å². The Hall–Kier alpha value is -1.51. The number of carboxylic acids is 1. The highest BCUT2D eigenvalue weighted by Gasteiger charge is 2.16. The van der Waals surface area contributed by atoms with Gasteiger partial charge in [-0.25, -0.2) is 22.3 Å². The molecule has 0 fully saturated rings. The molecule has 0 aliphatic carbocycles. The van der Waals surface area contributed by atoms with E-state index in [4.69, 9.17) is 5.11 Å². The number of aliphatic carboxylic acids is 1. The molecule has 1 rings (SSSR count). The number of rotatable bonds is 7. The van der Waals surface area contributed by atoms with Crippen LogP contribution >= 0.6 is 0 Å². The molecule has 0 aliphatic rings. The number of carboxylic acid groups (broad SMARTS) is 1. The molecule has 0 radical (unpaired) electrons. The molecular weight excluding hydrogens is 277 g/mol. The van der Waals surface area contributed by atoms with Crippen LogP contribution in [0.3, 0.4) is 0 Å². The summed E-state index contributed by atoms with van der Waals surface area (Å²) in [6, 6.07) is 3.35. The van der Waals surface area contributed by atoms with Gasteiger partial charge in [0.25, 0.3) is 0 Å². The average molecular weight is 291 g/mol. The fourth-order valence-corrected chi connectivity index (χ4v) is 2.64. The second-order valence-electron chi connectivity index (χ2n) is 3.75. The monoisotopic (exact) mass is 291 g/mol. The predicted molar refractivity (Wildman–Crippen MR) is 64.8 cm³/mol. The van der Waals surface area contributed by atoms with E-state index in [0.29, 0.717) is 5.56 Å². The molecule has 0 saturated heterocycles. The third-order valence-corrected chi connectivity index (χ3v) is 3.81. The van der Waals surface area contributed by atoms with Gasteiger partial charge in [-0.3, -0.25) is 0 Å². The van der Waals surface area contributed by atoms with Crippen molar-refractivity contribution in [3.05, 3.63) is 29.6 Å². The average Bonchev–Trinajstić information content (AvgIpc) is 2.27. The van der Waals surface area contributed by atoms with Crippen LogP contribution in [0.1, 0.15) is 5.56 Å². The van der Waals surface area contributed by atoms with Gasteiger partial charge in [-0.2, -0.15) is 0 Å². The van der Waals surface area contributed by atoms with Crippen LogP contribution in [0, 0.1) is 12.7 Å². The van der Waals surface area contributed by atoms with Gasteiger partial charge in [0, 0.05) is 6.54 Å². The van der Waals surface area contributed by atoms with Crippen molar-refractivity contribution in [1.82, 2.24) is 4.72 Å². The van der Waals surface area contributed by atoms with Crippen molar-refractivity contribution in [2.24, 2.45) is 0 Å². The standard InChI is InChI=1S/C11H14FNO5S/c1-8-6-9(12)2-3-10(8)19(16,17)13-4-5-18-7-11(14)15/h2-3,6,13H,4-5,7H2,1H3,(H,14,15). The highest BCUT2D eigenvalue weighted by Crippen LogP contribution is 2.15. The third kappa shape index (κ3) is 4.93. The first-order valence-electron chi connectivity index (χ1n) is 5.38. The molecule has 2 N–H and O–H groups in total. The van der Waals surface area contributed by atoms with Crippen molar-refractivity contribution in [3.8, 4) is 0 Å². The molecule has 0 amide bonds. The maximum atomic E-state index is 12.9. The zero-order chi connectivity index (χ0) is 14.5. The maximum absolute atomic E-state index is 12.9. The van der Waals surface area contributed by atoms with E-state index in [1.165, 1.54) is 13.0 Å². The van der Waals surface area contributed by atoms with Gasteiger partial charge in [-0.1, -0.05) is 0 Å². The smallest absolute Gasteiger partial charge is 0.329 e. The molecular formula is C11H14FNO5S. The maximum Gasteiger partial charge on any atom is 0.329 e. The summed E-state index contributed by atoms with van der Waals surface area (Å²) in [5, 5.41) is 8.31. The second-order valence-corrected chi connectivity index (χ2v) is 5.49. The summed E-state index contributed by atoms with van der Waals surface area (Å²) in [7, 11) is -3.75. The Morgan fingerprint density at radius 1 is 1.47 bits per heavy atom. The van der Waals surface area contributed by atoms with E-state index in [-0.39, 0.29) is 18.0 Å². The van der Waals surface area contributed by atoms with Crippen molar-refractivity contribution in [2.75, 3.05) is 19.8 Å². The molecule has 19 heavy (non-hydrogen) atoms. The molecule has 6 nitrogen and oxygen atoms in total. The Balaban J connectivity index is 2.59. The lowest BCUT2D eigenvalue weighted by molar-refractivity contribution is -0.142. The minimum absolute atomic E-state index is 0.0212. The Labute approximate surface area is 110 Å². The first kappa shape index (κ1) is 15.5. The van der Waals surface area contributed by atoms with Crippen molar-refractivity contribution in [1.29, 1.82) is 0 Å². The van der Waals surface area contributed by atoms with Gasteiger partial charge in [0.05, 0.1) is 11.5 Å². The largest absolute Gasteiger partial charge is 0.480 e. The molecule has 0 atom stereocenters. The normalized spacial score (nSPS) is 11.5. The summed E-state index contributed by atoms with van der Waals surface area (Å²) in [5.41, 5.74) is 0.291. The molecule has 1 aromatic rings. The Bertz CT molecular complexity index is 558. The van der Waals surface area contributed by atoms with Gasteiger partial charge >= 0.3 is 5.97 Å². The number of carbonyl (C=O) groups is 1.